The van der Waals surface area contributed by atoms with Crippen LogP contribution in [0.5, 0.6) is 0 Å². The molecule has 0 aromatic carbocycles. The van der Waals surface area contributed by atoms with Crippen molar-refractivity contribution in [1.29, 1.82) is 0 Å². The number of hydrogen-bond donors (Lipinski definition) is 0. The Morgan fingerprint density at radius 1 is 1.82 bits per heavy atom. The minimum Gasteiger partial charge on any atom is -0.271 e. The molecular weight excluding hydrogens is 166 g/mol. The van der Waals surface area contributed by atoms with Crippen LogP contribution in [0.4, 0.5) is 0 Å². The molecule has 5 nitrogen and oxygen atoms in total. The summed E-state index contributed by atoms with van der Waals surface area (Å²) in [5.74, 6) is 0. The fourth-order valence-corrected chi connectivity index (χ4v) is 0.809. The van der Waals surface area contributed by atoms with Crippen LogP contribution >= 0.6 is 11.6 Å². The highest BCUT2D eigenvalue weighted by Gasteiger charge is 1.92. The van der Waals surface area contributed by atoms with Gasteiger partial charge in [0.2, 0.25) is 0 Å². The maximum absolute atomic E-state index is 7.95. The van der Waals surface area contributed by atoms with Crippen molar-refractivity contribution in [2.75, 3.05) is 6.54 Å². The van der Waals surface area contributed by atoms with E-state index in [4.69, 9.17) is 17.1 Å². The summed E-state index contributed by atoms with van der Waals surface area (Å²) >= 11 is 5.59. The number of hydrogen-bond acceptors (Lipinski definition) is 2. The zero-order valence-corrected chi connectivity index (χ0v) is 6.44. The van der Waals surface area contributed by atoms with Crippen molar-refractivity contribution in [2.24, 2.45) is 5.11 Å². The third kappa shape index (κ3) is 2.49. The van der Waals surface area contributed by atoms with E-state index in [9.17, 15) is 0 Å². The standard InChI is InChI=1S/C5H6ClN5/c6-5-3-9-11(4-5)2-1-8-10-7/h3-4H,1-2H2. The first-order valence-corrected chi connectivity index (χ1v) is 3.39. The van der Waals surface area contributed by atoms with Crippen molar-refractivity contribution in [1.82, 2.24) is 9.78 Å². The summed E-state index contributed by atoms with van der Waals surface area (Å²) in [7, 11) is 0. The summed E-state index contributed by atoms with van der Waals surface area (Å²) in [6.45, 7) is 0.964. The molecule has 0 atom stereocenters. The van der Waals surface area contributed by atoms with E-state index in [2.05, 4.69) is 15.1 Å². The van der Waals surface area contributed by atoms with Crippen LogP contribution in [0, 0.1) is 0 Å². The van der Waals surface area contributed by atoms with Gasteiger partial charge in [-0.05, 0) is 5.53 Å². The van der Waals surface area contributed by atoms with Gasteiger partial charge in [-0.2, -0.15) is 5.10 Å². The molecule has 0 amide bonds. The lowest BCUT2D eigenvalue weighted by atomic mass is 10.6. The molecule has 0 bridgehead atoms. The van der Waals surface area contributed by atoms with E-state index in [0.717, 1.165) is 0 Å². The molecule has 0 aliphatic heterocycles. The van der Waals surface area contributed by atoms with Gasteiger partial charge in [0.15, 0.2) is 0 Å². The lowest BCUT2D eigenvalue weighted by Gasteiger charge is -1.93. The van der Waals surface area contributed by atoms with Crippen molar-refractivity contribution < 1.29 is 0 Å². The normalized spacial score (nSPS) is 9.18. The Balaban J connectivity index is 2.44. The molecule has 0 fully saturated rings. The van der Waals surface area contributed by atoms with E-state index in [1.54, 1.807) is 10.9 Å². The minimum atomic E-state index is 0.397. The fraction of sp³-hybridized carbons (Fsp3) is 0.400. The first-order chi connectivity index (χ1) is 5.33. The minimum absolute atomic E-state index is 0.397. The third-order valence-electron chi connectivity index (χ3n) is 1.09. The van der Waals surface area contributed by atoms with Crippen LogP contribution in [0.15, 0.2) is 17.5 Å². The Morgan fingerprint density at radius 3 is 3.18 bits per heavy atom. The van der Waals surface area contributed by atoms with Crippen LogP contribution in [0.25, 0.3) is 10.4 Å². The molecule has 1 rings (SSSR count). The van der Waals surface area contributed by atoms with Crippen molar-refractivity contribution >= 4 is 11.6 Å². The van der Waals surface area contributed by atoms with Gasteiger partial charge < -0.3 is 0 Å². The molecule has 11 heavy (non-hydrogen) atoms. The number of aromatic nitrogens is 2. The summed E-state index contributed by atoms with van der Waals surface area (Å²) in [6, 6.07) is 0. The second-order valence-corrected chi connectivity index (χ2v) is 2.31. The maximum atomic E-state index is 7.95. The highest BCUT2D eigenvalue weighted by Crippen LogP contribution is 2.03. The van der Waals surface area contributed by atoms with Crippen molar-refractivity contribution in [3.05, 3.63) is 27.9 Å². The number of rotatable bonds is 3. The summed E-state index contributed by atoms with van der Waals surface area (Å²) < 4.78 is 1.62. The lowest BCUT2D eigenvalue weighted by Crippen LogP contribution is -2.00. The summed E-state index contributed by atoms with van der Waals surface area (Å²) in [5, 5.41) is 7.83. The smallest absolute Gasteiger partial charge is 0.0785 e. The Bertz CT molecular complexity index is 274. The van der Waals surface area contributed by atoms with E-state index < -0.39 is 0 Å². The molecule has 0 spiro atoms. The van der Waals surface area contributed by atoms with Crippen LogP contribution in [0.3, 0.4) is 0 Å². The van der Waals surface area contributed by atoms with Gasteiger partial charge >= 0.3 is 0 Å². The Labute approximate surface area is 68.2 Å². The number of halogens is 1. The Morgan fingerprint density at radius 2 is 2.64 bits per heavy atom. The summed E-state index contributed by atoms with van der Waals surface area (Å²) in [6.07, 6.45) is 3.21. The SMILES string of the molecule is [N-]=[N+]=NCCn1cc(Cl)cn1. The maximum Gasteiger partial charge on any atom is 0.0785 e. The first-order valence-electron chi connectivity index (χ1n) is 3.02. The molecule has 0 N–H and O–H groups in total. The summed E-state index contributed by atoms with van der Waals surface area (Å²) in [4.78, 5) is 2.61. The molecule has 0 saturated carbocycles. The van der Waals surface area contributed by atoms with Gasteiger partial charge in [0.05, 0.1) is 11.2 Å². The van der Waals surface area contributed by atoms with Crippen LogP contribution in [0.2, 0.25) is 5.02 Å². The second kappa shape index (κ2) is 3.85. The molecule has 58 valence electrons. The van der Waals surface area contributed by atoms with E-state index in [-0.39, 0.29) is 0 Å². The molecule has 0 radical (unpaired) electrons. The predicted octanol–water partition coefficient (Wildman–Crippen LogP) is 1.85. The van der Waals surface area contributed by atoms with Crippen LogP contribution in [0.1, 0.15) is 0 Å². The largest absolute Gasteiger partial charge is 0.271 e. The average molecular weight is 172 g/mol. The van der Waals surface area contributed by atoms with E-state index in [0.29, 0.717) is 18.1 Å². The Kier molecular flexibility index (Phi) is 2.77. The van der Waals surface area contributed by atoms with Gasteiger partial charge in [-0.25, -0.2) is 0 Å². The topological polar surface area (TPSA) is 66.6 Å². The second-order valence-electron chi connectivity index (χ2n) is 1.88. The van der Waals surface area contributed by atoms with Gasteiger partial charge in [0, 0.05) is 24.2 Å². The van der Waals surface area contributed by atoms with Crippen LogP contribution in [-0.4, -0.2) is 16.3 Å². The van der Waals surface area contributed by atoms with Gasteiger partial charge in [0.25, 0.3) is 0 Å². The zero-order chi connectivity index (χ0) is 8.10. The van der Waals surface area contributed by atoms with E-state index in [1.807, 2.05) is 0 Å². The molecular formula is C5H6ClN5. The zero-order valence-electron chi connectivity index (χ0n) is 5.68. The molecule has 0 saturated heterocycles. The molecule has 1 aromatic heterocycles. The molecule has 0 unspecified atom stereocenters. The van der Waals surface area contributed by atoms with Gasteiger partial charge in [-0.15, -0.1) is 0 Å². The third-order valence-corrected chi connectivity index (χ3v) is 1.29. The number of nitrogens with zero attached hydrogens (tertiary/aromatic N) is 5. The quantitative estimate of drug-likeness (QED) is 0.389. The van der Waals surface area contributed by atoms with Crippen molar-refractivity contribution in [3.8, 4) is 0 Å². The molecule has 0 aliphatic carbocycles. The highest BCUT2D eigenvalue weighted by atomic mass is 35.5. The van der Waals surface area contributed by atoms with E-state index >= 15 is 0 Å². The predicted molar refractivity (Wildman–Crippen MR) is 41.3 cm³/mol. The summed E-state index contributed by atoms with van der Waals surface area (Å²) in [5.41, 5.74) is 7.95. The van der Waals surface area contributed by atoms with E-state index in [1.165, 1.54) is 6.20 Å². The fourth-order valence-electron chi connectivity index (χ4n) is 0.653. The first kappa shape index (κ1) is 7.91. The molecule has 0 aliphatic rings. The monoisotopic (exact) mass is 171 g/mol. The Hall–Kier alpha value is -1.19. The van der Waals surface area contributed by atoms with Crippen molar-refractivity contribution in [2.45, 2.75) is 6.54 Å². The molecule has 1 heterocycles. The van der Waals surface area contributed by atoms with Crippen LogP contribution < -0.4 is 0 Å². The highest BCUT2D eigenvalue weighted by molar-refractivity contribution is 6.30. The van der Waals surface area contributed by atoms with Crippen LogP contribution in [-0.2, 0) is 6.54 Å². The lowest BCUT2D eigenvalue weighted by molar-refractivity contribution is 0.624. The molecule has 1 aromatic rings. The van der Waals surface area contributed by atoms with Crippen molar-refractivity contribution in [3.63, 3.8) is 0 Å². The number of azide groups is 1. The molecule has 6 heteroatoms. The average Bonchev–Trinajstić information content (AvgIpc) is 2.37. The van der Waals surface area contributed by atoms with Gasteiger partial charge in [-0.1, -0.05) is 16.7 Å². The van der Waals surface area contributed by atoms with Gasteiger partial charge in [0.1, 0.15) is 0 Å². The van der Waals surface area contributed by atoms with Gasteiger partial charge in [-0.3, -0.25) is 4.68 Å².